The number of carbonyl (C=O) groups is 1. The third-order valence-corrected chi connectivity index (χ3v) is 3.57. The van der Waals surface area contributed by atoms with Crippen LogP contribution in [0.3, 0.4) is 0 Å². The molecule has 0 aliphatic rings. The molecule has 0 spiro atoms. The SMILES string of the molecule is CN(C)CCNc1ncc(C(=O)N(C)CCc2ccncc2)cn1. The van der Waals surface area contributed by atoms with E-state index in [1.807, 2.05) is 26.2 Å². The maximum Gasteiger partial charge on any atom is 0.256 e. The minimum absolute atomic E-state index is 0.0797. The number of nitrogens with zero attached hydrogens (tertiary/aromatic N) is 5. The summed E-state index contributed by atoms with van der Waals surface area (Å²) < 4.78 is 0. The summed E-state index contributed by atoms with van der Waals surface area (Å²) in [5.41, 5.74) is 1.65. The van der Waals surface area contributed by atoms with Gasteiger partial charge in [0.05, 0.1) is 5.56 Å². The number of hydrogen-bond acceptors (Lipinski definition) is 6. The lowest BCUT2D eigenvalue weighted by atomic mass is 10.2. The van der Waals surface area contributed by atoms with E-state index >= 15 is 0 Å². The summed E-state index contributed by atoms with van der Waals surface area (Å²) in [6.07, 6.45) is 7.43. The summed E-state index contributed by atoms with van der Waals surface area (Å²) in [6.45, 7) is 2.28. The van der Waals surface area contributed by atoms with Crippen molar-refractivity contribution in [3.63, 3.8) is 0 Å². The molecule has 0 saturated heterocycles. The van der Waals surface area contributed by atoms with Crippen LogP contribution in [0.2, 0.25) is 0 Å². The maximum atomic E-state index is 12.4. The molecule has 24 heavy (non-hydrogen) atoms. The number of rotatable bonds is 8. The van der Waals surface area contributed by atoms with Crippen LogP contribution in [0.5, 0.6) is 0 Å². The van der Waals surface area contributed by atoms with Crippen LogP contribution in [-0.2, 0) is 6.42 Å². The van der Waals surface area contributed by atoms with Crippen molar-refractivity contribution in [2.24, 2.45) is 0 Å². The molecule has 2 aromatic heterocycles. The maximum absolute atomic E-state index is 12.4. The second-order valence-corrected chi connectivity index (χ2v) is 5.86. The minimum atomic E-state index is -0.0797. The molecule has 2 heterocycles. The quantitative estimate of drug-likeness (QED) is 0.784. The van der Waals surface area contributed by atoms with Crippen LogP contribution >= 0.6 is 0 Å². The van der Waals surface area contributed by atoms with E-state index in [0.29, 0.717) is 18.1 Å². The summed E-state index contributed by atoms with van der Waals surface area (Å²) in [7, 11) is 5.80. The molecule has 0 aliphatic heterocycles. The third-order valence-electron chi connectivity index (χ3n) is 3.57. The summed E-state index contributed by atoms with van der Waals surface area (Å²) in [4.78, 5) is 28.5. The Kier molecular flexibility index (Phi) is 6.62. The van der Waals surface area contributed by atoms with Crippen LogP contribution in [0.4, 0.5) is 5.95 Å². The molecule has 0 aromatic carbocycles. The molecule has 0 fully saturated rings. The van der Waals surface area contributed by atoms with Crippen molar-refractivity contribution in [1.82, 2.24) is 24.8 Å². The highest BCUT2D eigenvalue weighted by Crippen LogP contribution is 2.05. The number of carbonyl (C=O) groups excluding carboxylic acids is 1. The molecule has 0 saturated carbocycles. The number of pyridine rings is 1. The van der Waals surface area contributed by atoms with Gasteiger partial charge in [-0.05, 0) is 38.2 Å². The van der Waals surface area contributed by atoms with E-state index in [0.717, 1.165) is 25.1 Å². The second kappa shape index (κ2) is 8.93. The van der Waals surface area contributed by atoms with E-state index < -0.39 is 0 Å². The highest BCUT2D eigenvalue weighted by atomic mass is 16.2. The van der Waals surface area contributed by atoms with Crippen LogP contribution in [0.15, 0.2) is 36.9 Å². The molecule has 0 unspecified atom stereocenters. The minimum Gasteiger partial charge on any atom is -0.353 e. The topological polar surface area (TPSA) is 74.2 Å². The van der Waals surface area contributed by atoms with Crippen molar-refractivity contribution in [2.75, 3.05) is 46.1 Å². The first-order valence-corrected chi connectivity index (χ1v) is 7.91. The fourth-order valence-corrected chi connectivity index (χ4v) is 2.09. The number of likely N-dealkylation sites (N-methyl/N-ethyl adjacent to an activating group) is 2. The molecule has 0 aliphatic carbocycles. The van der Waals surface area contributed by atoms with Gasteiger partial charge < -0.3 is 15.1 Å². The van der Waals surface area contributed by atoms with Crippen molar-refractivity contribution in [3.8, 4) is 0 Å². The van der Waals surface area contributed by atoms with Crippen molar-refractivity contribution in [3.05, 3.63) is 48.0 Å². The van der Waals surface area contributed by atoms with Crippen molar-refractivity contribution in [1.29, 1.82) is 0 Å². The highest BCUT2D eigenvalue weighted by molar-refractivity contribution is 5.93. The van der Waals surface area contributed by atoms with E-state index in [-0.39, 0.29) is 5.91 Å². The molecule has 7 nitrogen and oxygen atoms in total. The molecule has 128 valence electrons. The third kappa shape index (κ3) is 5.58. The van der Waals surface area contributed by atoms with E-state index in [1.54, 1.807) is 36.7 Å². The van der Waals surface area contributed by atoms with Crippen LogP contribution in [0, 0.1) is 0 Å². The predicted octanol–water partition coefficient (Wildman–Crippen LogP) is 1.16. The van der Waals surface area contributed by atoms with Crippen LogP contribution in [-0.4, -0.2) is 71.4 Å². The average molecular weight is 328 g/mol. The lowest BCUT2D eigenvalue weighted by molar-refractivity contribution is 0.0796. The zero-order valence-electron chi connectivity index (χ0n) is 14.4. The normalized spacial score (nSPS) is 10.7. The number of anilines is 1. The molecule has 0 atom stereocenters. The Hall–Kier alpha value is -2.54. The van der Waals surface area contributed by atoms with E-state index in [1.165, 1.54) is 0 Å². The Balaban J connectivity index is 1.84. The number of nitrogens with one attached hydrogen (secondary N) is 1. The van der Waals surface area contributed by atoms with Crippen molar-refractivity contribution >= 4 is 11.9 Å². The standard InChI is InChI=1S/C17H24N6O/c1-22(2)11-9-19-17-20-12-15(13-21-17)16(24)23(3)10-6-14-4-7-18-8-5-14/h4-5,7-8,12-13H,6,9-11H2,1-3H3,(H,19,20,21). The Morgan fingerprint density at radius 1 is 1.08 bits per heavy atom. The molecule has 0 radical (unpaired) electrons. The smallest absolute Gasteiger partial charge is 0.256 e. The lowest BCUT2D eigenvalue weighted by Gasteiger charge is -2.17. The average Bonchev–Trinajstić information content (AvgIpc) is 2.60. The molecule has 2 aromatic rings. The summed E-state index contributed by atoms with van der Waals surface area (Å²) >= 11 is 0. The van der Waals surface area contributed by atoms with Gasteiger partial charge >= 0.3 is 0 Å². The molecule has 1 N–H and O–H groups in total. The fraction of sp³-hybridized carbons (Fsp3) is 0.412. The number of hydrogen-bond donors (Lipinski definition) is 1. The van der Waals surface area contributed by atoms with E-state index in [4.69, 9.17) is 0 Å². The first-order chi connectivity index (χ1) is 11.6. The van der Waals surface area contributed by atoms with Crippen molar-refractivity contribution < 1.29 is 4.79 Å². The van der Waals surface area contributed by atoms with Gasteiger partial charge in [-0.25, -0.2) is 9.97 Å². The van der Waals surface area contributed by atoms with Crippen molar-refractivity contribution in [2.45, 2.75) is 6.42 Å². The molecule has 2 rings (SSSR count). The van der Waals surface area contributed by atoms with Crippen LogP contribution in [0.1, 0.15) is 15.9 Å². The summed E-state index contributed by atoms with van der Waals surface area (Å²) in [5.74, 6) is 0.455. The Morgan fingerprint density at radius 3 is 2.38 bits per heavy atom. The van der Waals surface area contributed by atoms with Gasteiger partial charge in [0.1, 0.15) is 0 Å². The van der Waals surface area contributed by atoms with Gasteiger partial charge in [0, 0.05) is 51.5 Å². The summed E-state index contributed by atoms with van der Waals surface area (Å²) in [5, 5.41) is 3.12. The number of amides is 1. The predicted molar refractivity (Wildman–Crippen MR) is 94.0 cm³/mol. The first-order valence-electron chi connectivity index (χ1n) is 7.91. The molecular weight excluding hydrogens is 304 g/mol. The van der Waals surface area contributed by atoms with Crippen LogP contribution in [0.25, 0.3) is 0 Å². The van der Waals surface area contributed by atoms with Gasteiger partial charge in [-0.1, -0.05) is 0 Å². The number of aromatic nitrogens is 3. The highest BCUT2D eigenvalue weighted by Gasteiger charge is 2.12. The fourth-order valence-electron chi connectivity index (χ4n) is 2.09. The van der Waals surface area contributed by atoms with E-state index in [2.05, 4.69) is 25.2 Å². The lowest BCUT2D eigenvalue weighted by Crippen LogP contribution is -2.29. The van der Waals surface area contributed by atoms with E-state index in [9.17, 15) is 4.79 Å². The van der Waals surface area contributed by atoms with Gasteiger partial charge in [0.15, 0.2) is 0 Å². The second-order valence-electron chi connectivity index (χ2n) is 5.86. The zero-order chi connectivity index (χ0) is 17.4. The van der Waals surface area contributed by atoms with Gasteiger partial charge in [0.25, 0.3) is 5.91 Å². The monoisotopic (exact) mass is 328 g/mol. The summed E-state index contributed by atoms with van der Waals surface area (Å²) in [6, 6.07) is 3.91. The zero-order valence-corrected chi connectivity index (χ0v) is 14.4. The Morgan fingerprint density at radius 2 is 1.75 bits per heavy atom. The van der Waals surface area contributed by atoms with Crippen LogP contribution < -0.4 is 5.32 Å². The molecular formula is C17H24N6O. The molecule has 0 bridgehead atoms. The molecule has 7 heteroatoms. The largest absolute Gasteiger partial charge is 0.353 e. The first kappa shape index (κ1) is 17.8. The van der Waals surface area contributed by atoms with Gasteiger partial charge in [-0.15, -0.1) is 0 Å². The van der Waals surface area contributed by atoms with Gasteiger partial charge in [0.2, 0.25) is 5.95 Å². The van der Waals surface area contributed by atoms with Gasteiger partial charge in [-0.3, -0.25) is 9.78 Å². The Labute approximate surface area is 142 Å². The Bertz CT molecular complexity index is 629. The van der Waals surface area contributed by atoms with Gasteiger partial charge in [-0.2, -0.15) is 0 Å². The molecule has 1 amide bonds.